The Labute approximate surface area is 96.7 Å². The molecule has 1 unspecified atom stereocenters. The summed E-state index contributed by atoms with van der Waals surface area (Å²) in [5.74, 6) is -1.10. The van der Waals surface area contributed by atoms with E-state index < -0.39 is 11.6 Å². The summed E-state index contributed by atoms with van der Waals surface area (Å²) >= 11 is 1.56. The zero-order valence-electron chi connectivity index (χ0n) is 8.71. The van der Waals surface area contributed by atoms with Crippen LogP contribution in [-0.2, 0) is 0 Å². The van der Waals surface area contributed by atoms with Gasteiger partial charge in [-0.25, -0.2) is 8.78 Å². The molecule has 2 aromatic rings. The Morgan fingerprint density at radius 3 is 2.31 bits per heavy atom. The van der Waals surface area contributed by atoms with Crippen molar-refractivity contribution in [2.45, 2.75) is 6.04 Å². The van der Waals surface area contributed by atoms with Crippen molar-refractivity contribution < 1.29 is 8.78 Å². The molecule has 0 radical (unpaired) electrons. The standard InChI is InChI=1S/C12H11F2NS/c1-15-12(8-2-3-16-7-8)9-4-10(13)6-11(14)5-9/h2-7,12,15H,1H3. The van der Waals surface area contributed by atoms with Crippen molar-refractivity contribution in [3.05, 3.63) is 57.8 Å². The number of hydrogen-bond donors (Lipinski definition) is 1. The summed E-state index contributed by atoms with van der Waals surface area (Å²) < 4.78 is 26.2. The molecule has 0 saturated carbocycles. The maximum atomic E-state index is 13.1. The van der Waals surface area contributed by atoms with Gasteiger partial charge in [-0.3, -0.25) is 0 Å². The van der Waals surface area contributed by atoms with Gasteiger partial charge in [0.15, 0.2) is 0 Å². The lowest BCUT2D eigenvalue weighted by Gasteiger charge is -2.15. The quantitative estimate of drug-likeness (QED) is 0.866. The number of thiophene rings is 1. The summed E-state index contributed by atoms with van der Waals surface area (Å²) in [6.07, 6.45) is 0. The Kier molecular flexibility index (Phi) is 3.31. The Morgan fingerprint density at radius 2 is 1.81 bits per heavy atom. The van der Waals surface area contributed by atoms with E-state index in [0.29, 0.717) is 5.56 Å². The average Bonchev–Trinajstić information content (AvgIpc) is 2.70. The molecule has 0 bridgehead atoms. The van der Waals surface area contributed by atoms with Crippen molar-refractivity contribution in [2.24, 2.45) is 0 Å². The van der Waals surface area contributed by atoms with Crippen molar-refractivity contribution in [3.63, 3.8) is 0 Å². The predicted octanol–water partition coefficient (Wildman–Crippen LogP) is 3.34. The van der Waals surface area contributed by atoms with Crippen LogP contribution >= 0.6 is 11.3 Å². The van der Waals surface area contributed by atoms with E-state index in [-0.39, 0.29) is 6.04 Å². The van der Waals surface area contributed by atoms with Gasteiger partial charge in [0.2, 0.25) is 0 Å². The van der Waals surface area contributed by atoms with Crippen molar-refractivity contribution in [3.8, 4) is 0 Å². The first kappa shape index (κ1) is 11.2. The van der Waals surface area contributed by atoms with Gasteiger partial charge in [0, 0.05) is 6.07 Å². The minimum absolute atomic E-state index is 0.170. The van der Waals surface area contributed by atoms with Gasteiger partial charge in [0.25, 0.3) is 0 Å². The third kappa shape index (κ3) is 2.28. The van der Waals surface area contributed by atoms with Crippen LogP contribution in [0.1, 0.15) is 17.2 Å². The smallest absolute Gasteiger partial charge is 0.126 e. The van der Waals surface area contributed by atoms with Crippen LogP contribution in [0.25, 0.3) is 0 Å². The molecular weight excluding hydrogens is 228 g/mol. The van der Waals surface area contributed by atoms with Crippen LogP contribution < -0.4 is 5.32 Å². The third-order valence-electron chi connectivity index (χ3n) is 2.38. The average molecular weight is 239 g/mol. The second-order valence-corrected chi connectivity index (χ2v) is 4.26. The molecule has 0 amide bonds. The molecule has 1 aromatic carbocycles. The molecule has 1 heterocycles. The van der Waals surface area contributed by atoms with Crippen LogP contribution in [0.3, 0.4) is 0 Å². The van der Waals surface area contributed by atoms with Crippen LogP contribution in [0.5, 0.6) is 0 Å². The van der Waals surface area contributed by atoms with E-state index in [0.717, 1.165) is 11.6 Å². The van der Waals surface area contributed by atoms with E-state index in [1.54, 1.807) is 18.4 Å². The number of nitrogens with one attached hydrogen (secondary N) is 1. The summed E-state index contributed by atoms with van der Waals surface area (Å²) in [6.45, 7) is 0. The first-order valence-corrected chi connectivity index (χ1v) is 5.80. The minimum Gasteiger partial charge on any atom is -0.309 e. The van der Waals surface area contributed by atoms with Crippen LogP contribution in [-0.4, -0.2) is 7.05 Å². The largest absolute Gasteiger partial charge is 0.309 e. The maximum Gasteiger partial charge on any atom is 0.126 e. The highest BCUT2D eigenvalue weighted by molar-refractivity contribution is 7.08. The highest BCUT2D eigenvalue weighted by Gasteiger charge is 2.14. The topological polar surface area (TPSA) is 12.0 Å². The molecule has 0 aliphatic carbocycles. The molecule has 1 nitrogen and oxygen atoms in total. The maximum absolute atomic E-state index is 13.1. The van der Waals surface area contributed by atoms with Gasteiger partial charge in [-0.15, -0.1) is 0 Å². The molecule has 0 fully saturated rings. The van der Waals surface area contributed by atoms with Crippen molar-refractivity contribution >= 4 is 11.3 Å². The fourth-order valence-electron chi connectivity index (χ4n) is 1.71. The van der Waals surface area contributed by atoms with Crippen LogP contribution in [0, 0.1) is 11.6 Å². The zero-order valence-corrected chi connectivity index (χ0v) is 9.52. The first-order valence-electron chi connectivity index (χ1n) is 4.86. The lowest BCUT2D eigenvalue weighted by atomic mass is 10.0. The normalized spacial score (nSPS) is 12.7. The SMILES string of the molecule is CNC(c1ccsc1)c1cc(F)cc(F)c1. The molecule has 0 saturated heterocycles. The second-order valence-electron chi connectivity index (χ2n) is 3.48. The monoisotopic (exact) mass is 239 g/mol. The number of benzene rings is 1. The van der Waals surface area contributed by atoms with E-state index >= 15 is 0 Å². The molecular formula is C12H11F2NS. The molecule has 1 atom stereocenters. The van der Waals surface area contributed by atoms with Gasteiger partial charge in [0.1, 0.15) is 11.6 Å². The highest BCUT2D eigenvalue weighted by atomic mass is 32.1. The van der Waals surface area contributed by atoms with Gasteiger partial charge in [-0.2, -0.15) is 11.3 Å². The fourth-order valence-corrected chi connectivity index (χ4v) is 2.39. The molecule has 84 valence electrons. The molecule has 0 aliphatic rings. The van der Waals surface area contributed by atoms with Crippen molar-refractivity contribution in [2.75, 3.05) is 7.05 Å². The molecule has 1 aromatic heterocycles. The molecule has 2 rings (SSSR count). The summed E-state index contributed by atoms with van der Waals surface area (Å²) in [4.78, 5) is 0. The lowest BCUT2D eigenvalue weighted by Crippen LogP contribution is -2.17. The van der Waals surface area contributed by atoms with Gasteiger partial charge in [-0.1, -0.05) is 0 Å². The van der Waals surface area contributed by atoms with Gasteiger partial charge in [-0.05, 0) is 47.1 Å². The molecule has 4 heteroatoms. The molecule has 0 aliphatic heterocycles. The van der Waals surface area contributed by atoms with Crippen LogP contribution in [0.4, 0.5) is 8.78 Å². The van der Waals surface area contributed by atoms with Gasteiger partial charge < -0.3 is 5.32 Å². The van der Waals surface area contributed by atoms with E-state index in [2.05, 4.69) is 5.32 Å². The molecule has 0 spiro atoms. The van der Waals surface area contributed by atoms with E-state index in [4.69, 9.17) is 0 Å². The summed E-state index contributed by atoms with van der Waals surface area (Å²) in [7, 11) is 1.77. The summed E-state index contributed by atoms with van der Waals surface area (Å²) in [5, 5.41) is 6.95. The molecule has 1 N–H and O–H groups in total. The molecule has 16 heavy (non-hydrogen) atoms. The van der Waals surface area contributed by atoms with E-state index in [1.807, 2.05) is 16.8 Å². The van der Waals surface area contributed by atoms with Crippen molar-refractivity contribution in [1.29, 1.82) is 0 Å². The lowest BCUT2D eigenvalue weighted by molar-refractivity contribution is 0.572. The Balaban J connectivity index is 2.41. The van der Waals surface area contributed by atoms with Gasteiger partial charge >= 0.3 is 0 Å². The van der Waals surface area contributed by atoms with Gasteiger partial charge in [0.05, 0.1) is 6.04 Å². The van der Waals surface area contributed by atoms with E-state index in [1.165, 1.54) is 12.1 Å². The minimum atomic E-state index is -0.550. The zero-order chi connectivity index (χ0) is 11.5. The Hall–Kier alpha value is -1.26. The Bertz CT molecular complexity index is 448. The highest BCUT2D eigenvalue weighted by Crippen LogP contribution is 2.24. The summed E-state index contributed by atoms with van der Waals surface area (Å²) in [6, 6.07) is 5.35. The van der Waals surface area contributed by atoms with E-state index in [9.17, 15) is 8.78 Å². The number of hydrogen-bond acceptors (Lipinski definition) is 2. The predicted molar refractivity (Wildman–Crippen MR) is 61.6 cm³/mol. The van der Waals surface area contributed by atoms with Crippen LogP contribution in [0.15, 0.2) is 35.0 Å². The van der Waals surface area contributed by atoms with Crippen molar-refractivity contribution in [1.82, 2.24) is 5.32 Å². The summed E-state index contributed by atoms with van der Waals surface area (Å²) in [5.41, 5.74) is 1.61. The second kappa shape index (κ2) is 4.72. The first-order chi connectivity index (χ1) is 7.70. The fraction of sp³-hybridized carbons (Fsp3) is 0.167. The van der Waals surface area contributed by atoms with Crippen LogP contribution in [0.2, 0.25) is 0 Å². The number of halogens is 2. The Morgan fingerprint density at radius 1 is 1.12 bits per heavy atom. The third-order valence-corrected chi connectivity index (χ3v) is 3.08. The number of rotatable bonds is 3.